The molecule has 1 amide bonds. The van der Waals surface area contributed by atoms with Crippen LogP contribution in [0.15, 0.2) is 24.3 Å². The predicted octanol–water partition coefficient (Wildman–Crippen LogP) is 3.41. The zero-order valence-electron chi connectivity index (χ0n) is 15.1. The van der Waals surface area contributed by atoms with E-state index >= 15 is 0 Å². The predicted molar refractivity (Wildman–Crippen MR) is 96.0 cm³/mol. The molecular weight excluding hydrogens is 318 g/mol. The topological polar surface area (TPSA) is 48.0 Å². The smallest absolute Gasteiger partial charge is 0.222 e. The molecule has 0 N–H and O–H groups in total. The standard InChI is InChI=1S/C20H29NO4/c1-2-23-18-7-3-4-8-19(18)25-17-11-13-21(14-12-17)20(22)10-9-16-6-5-15-24-16/h3-4,7-8,16-17H,2,5-6,9-15H2,1H3/t16-/m0/s1. The molecule has 2 heterocycles. The summed E-state index contributed by atoms with van der Waals surface area (Å²) in [4.78, 5) is 14.3. The minimum absolute atomic E-state index is 0.142. The summed E-state index contributed by atoms with van der Waals surface area (Å²) in [5.74, 6) is 1.84. The van der Waals surface area contributed by atoms with Gasteiger partial charge < -0.3 is 19.1 Å². The summed E-state index contributed by atoms with van der Waals surface area (Å²) in [5.41, 5.74) is 0. The van der Waals surface area contributed by atoms with Gasteiger partial charge in [0.05, 0.1) is 12.7 Å². The van der Waals surface area contributed by atoms with Crippen LogP contribution in [0.5, 0.6) is 11.5 Å². The molecule has 0 saturated carbocycles. The van der Waals surface area contributed by atoms with Gasteiger partial charge in [0, 0.05) is 39.0 Å². The fourth-order valence-corrected chi connectivity index (χ4v) is 3.54. The molecular formula is C20H29NO4. The highest BCUT2D eigenvalue weighted by Crippen LogP contribution is 2.29. The monoisotopic (exact) mass is 347 g/mol. The van der Waals surface area contributed by atoms with E-state index in [0.29, 0.717) is 19.1 Å². The van der Waals surface area contributed by atoms with Gasteiger partial charge in [0.25, 0.3) is 0 Å². The first-order chi connectivity index (χ1) is 12.3. The van der Waals surface area contributed by atoms with Crippen LogP contribution < -0.4 is 9.47 Å². The number of likely N-dealkylation sites (tertiary alicyclic amines) is 1. The van der Waals surface area contributed by atoms with Crippen molar-refractivity contribution >= 4 is 5.91 Å². The zero-order valence-corrected chi connectivity index (χ0v) is 15.1. The summed E-state index contributed by atoms with van der Waals surface area (Å²) in [5, 5.41) is 0. The van der Waals surface area contributed by atoms with E-state index in [1.807, 2.05) is 36.1 Å². The number of benzene rings is 1. The molecule has 5 nitrogen and oxygen atoms in total. The van der Waals surface area contributed by atoms with Gasteiger partial charge in [0.2, 0.25) is 5.91 Å². The van der Waals surface area contributed by atoms with Crippen molar-refractivity contribution in [3.05, 3.63) is 24.3 Å². The molecule has 0 unspecified atom stereocenters. The number of hydrogen-bond acceptors (Lipinski definition) is 4. The molecule has 0 bridgehead atoms. The van der Waals surface area contributed by atoms with Crippen molar-refractivity contribution in [1.82, 2.24) is 4.90 Å². The van der Waals surface area contributed by atoms with Crippen LogP contribution in [0, 0.1) is 0 Å². The SMILES string of the molecule is CCOc1ccccc1OC1CCN(C(=O)CC[C@@H]2CCCO2)CC1. The maximum absolute atomic E-state index is 12.4. The zero-order chi connectivity index (χ0) is 17.5. The van der Waals surface area contributed by atoms with Gasteiger partial charge in [-0.1, -0.05) is 12.1 Å². The molecule has 2 fully saturated rings. The lowest BCUT2D eigenvalue weighted by atomic mass is 10.1. The largest absolute Gasteiger partial charge is 0.490 e. The number of nitrogens with zero attached hydrogens (tertiary/aromatic N) is 1. The Morgan fingerprint density at radius 1 is 1.20 bits per heavy atom. The summed E-state index contributed by atoms with van der Waals surface area (Å²) in [6, 6.07) is 7.79. The van der Waals surface area contributed by atoms with Gasteiger partial charge in [-0.05, 0) is 38.3 Å². The molecule has 0 radical (unpaired) electrons. The van der Waals surface area contributed by atoms with Crippen LogP contribution in [-0.2, 0) is 9.53 Å². The maximum atomic E-state index is 12.4. The second kappa shape index (κ2) is 9.09. The molecule has 3 rings (SSSR count). The number of piperidine rings is 1. The van der Waals surface area contributed by atoms with Gasteiger partial charge in [-0.2, -0.15) is 0 Å². The first kappa shape index (κ1) is 18.1. The molecule has 2 aliphatic rings. The Bertz CT molecular complexity index is 548. The highest BCUT2D eigenvalue weighted by molar-refractivity contribution is 5.76. The number of rotatable bonds is 7. The summed E-state index contributed by atoms with van der Waals surface area (Å²) in [6.45, 7) is 4.98. The molecule has 5 heteroatoms. The average Bonchev–Trinajstić information content (AvgIpc) is 3.16. The van der Waals surface area contributed by atoms with Gasteiger partial charge in [-0.25, -0.2) is 0 Å². The Morgan fingerprint density at radius 2 is 1.96 bits per heavy atom. The Kier molecular flexibility index (Phi) is 6.56. The highest BCUT2D eigenvalue weighted by Gasteiger charge is 2.25. The Morgan fingerprint density at radius 3 is 2.64 bits per heavy atom. The molecule has 1 atom stereocenters. The van der Waals surface area contributed by atoms with Crippen LogP contribution in [0.1, 0.15) is 45.4 Å². The van der Waals surface area contributed by atoms with Gasteiger partial charge in [-0.3, -0.25) is 4.79 Å². The van der Waals surface area contributed by atoms with E-state index in [0.717, 1.165) is 63.3 Å². The molecule has 1 aromatic carbocycles. The Balaban J connectivity index is 1.43. The molecule has 0 aromatic heterocycles. The van der Waals surface area contributed by atoms with E-state index in [1.54, 1.807) is 0 Å². The lowest BCUT2D eigenvalue weighted by Gasteiger charge is -2.32. The summed E-state index contributed by atoms with van der Waals surface area (Å²) in [7, 11) is 0. The first-order valence-electron chi connectivity index (χ1n) is 9.54. The van der Waals surface area contributed by atoms with Crippen molar-refractivity contribution in [2.45, 2.75) is 57.7 Å². The second-order valence-electron chi connectivity index (χ2n) is 6.75. The molecule has 0 aliphatic carbocycles. The van der Waals surface area contributed by atoms with Crippen molar-refractivity contribution in [3.63, 3.8) is 0 Å². The third-order valence-corrected chi connectivity index (χ3v) is 4.94. The van der Waals surface area contributed by atoms with Crippen molar-refractivity contribution in [3.8, 4) is 11.5 Å². The van der Waals surface area contributed by atoms with Gasteiger partial charge in [-0.15, -0.1) is 0 Å². The van der Waals surface area contributed by atoms with Crippen LogP contribution in [-0.4, -0.2) is 49.3 Å². The van der Waals surface area contributed by atoms with Gasteiger partial charge >= 0.3 is 0 Å². The number of hydrogen-bond donors (Lipinski definition) is 0. The normalized spacial score (nSPS) is 21.3. The summed E-state index contributed by atoms with van der Waals surface area (Å²) in [6.07, 6.45) is 5.86. The molecule has 25 heavy (non-hydrogen) atoms. The summed E-state index contributed by atoms with van der Waals surface area (Å²) < 4.78 is 17.3. The Labute approximate surface area is 150 Å². The average molecular weight is 347 g/mol. The minimum atomic E-state index is 0.142. The highest BCUT2D eigenvalue weighted by atomic mass is 16.5. The number of carbonyl (C=O) groups excluding carboxylic acids is 1. The number of carbonyl (C=O) groups is 1. The fraction of sp³-hybridized carbons (Fsp3) is 0.650. The number of amides is 1. The quantitative estimate of drug-likeness (QED) is 0.758. The van der Waals surface area contributed by atoms with Gasteiger partial charge in [0.15, 0.2) is 11.5 Å². The van der Waals surface area contributed by atoms with Crippen LogP contribution in [0.25, 0.3) is 0 Å². The van der Waals surface area contributed by atoms with E-state index < -0.39 is 0 Å². The van der Waals surface area contributed by atoms with E-state index in [9.17, 15) is 4.79 Å². The van der Waals surface area contributed by atoms with E-state index in [2.05, 4.69) is 0 Å². The van der Waals surface area contributed by atoms with Crippen LogP contribution in [0.3, 0.4) is 0 Å². The molecule has 138 valence electrons. The van der Waals surface area contributed by atoms with Gasteiger partial charge in [0.1, 0.15) is 6.10 Å². The van der Waals surface area contributed by atoms with E-state index in [1.165, 1.54) is 0 Å². The lowest BCUT2D eigenvalue weighted by Crippen LogP contribution is -2.42. The molecule has 1 aromatic rings. The van der Waals surface area contributed by atoms with E-state index in [4.69, 9.17) is 14.2 Å². The third kappa shape index (κ3) is 5.11. The maximum Gasteiger partial charge on any atom is 0.222 e. The van der Waals surface area contributed by atoms with Crippen LogP contribution in [0.2, 0.25) is 0 Å². The number of ether oxygens (including phenoxy) is 3. The first-order valence-corrected chi connectivity index (χ1v) is 9.54. The molecule has 2 aliphatic heterocycles. The lowest BCUT2D eigenvalue weighted by molar-refractivity contribution is -0.133. The number of para-hydroxylation sites is 2. The molecule has 2 saturated heterocycles. The molecule has 0 spiro atoms. The summed E-state index contributed by atoms with van der Waals surface area (Å²) >= 11 is 0. The minimum Gasteiger partial charge on any atom is -0.490 e. The van der Waals surface area contributed by atoms with Crippen molar-refractivity contribution in [1.29, 1.82) is 0 Å². The van der Waals surface area contributed by atoms with Crippen molar-refractivity contribution in [2.75, 3.05) is 26.3 Å². The second-order valence-corrected chi connectivity index (χ2v) is 6.75. The Hall–Kier alpha value is -1.75. The van der Waals surface area contributed by atoms with Crippen LogP contribution in [0.4, 0.5) is 0 Å². The van der Waals surface area contributed by atoms with Crippen LogP contribution >= 0.6 is 0 Å². The van der Waals surface area contributed by atoms with E-state index in [-0.39, 0.29) is 12.0 Å². The fourth-order valence-electron chi connectivity index (χ4n) is 3.54. The van der Waals surface area contributed by atoms with Crippen molar-refractivity contribution in [2.24, 2.45) is 0 Å². The third-order valence-electron chi connectivity index (χ3n) is 4.94. The van der Waals surface area contributed by atoms with Crippen molar-refractivity contribution < 1.29 is 19.0 Å².